The van der Waals surface area contributed by atoms with Gasteiger partial charge in [-0.15, -0.1) is 0 Å². The maximum Gasteiger partial charge on any atom is 0.403 e. The smallest absolute Gasteiger partial charge is 0.378 e. The molecule has 2 aliphatic carbocycles. The maximum atomic E-state index is 13.8. The highest BCUT2D eigenvalue weighted by molar-refractivity contribution is 7.92. The van der Waals surface area contributed by atoms with Gasteiger partial charge < -0.3 is 19.9 Å². The molecule has 2 atom stereocenters. The Bertz CT molecular complexity index is 1300. The van der Waals surface area contributed by atoms with Crippen LogP contribution in [0.1, 0.15) is 32.1 Å². The Balaban J connectivity index is 1.43. The summed E-state index contributed by atoms with van der Waals surface area (Å²) in [4.78, 5) is 28.8. The number of amides is 2. The number of carbonyl (C=O) groups is 2. The van der Waals surface area contributed by atoms with Crippen molar-refractivity contribution in [3.05, 3.63) is 23.2 Å². The number of morpholine rings is 1. The van der Waals surface area contributed by atoms with E-state index in [1.165, 1.54) is 12.1 Å². The van der Waals surface area contributed by atoms with E-state index in [0.29, 0.717) is 44.8 Å². The van der Waals surface area contributed by atoms with Crippen LogP contribution in [0.5, 0.6) is 0 Å². The lowest BCUT2D eigenvalue weighted by Gasteiger charge is -2.29. The van der Waals surface area contributed by atoms with Crippen LogP contribution >= 0.6 is 11.6 Å². The van der Waals surface area contributed by atoms with Crippen LogP contribution in [0.3, 0.4) is 0 Å². The van der Waals surface area contributed by atoms with Gasteiger partial charge in [0.2, 0.25) is 11.8 Å². The zero-order valence-corrected chi connectivity index (χ0v) is 21.8. The number of nitrogens with zero attached hydrogens (tertiary/aromatic N) is 3. The number of likely N-dealkylation sites (tertiary alicyclic amines) is 1. The molecule has 14 heteroatoms. The number of ether oxygens (including phenoxy) is 1. The molecule has 5 rings (SSSR count). The number of carbonyl (C=O) groups excluding carboxylic acids is 2. The average Bonchev–Trinajstić information content (AvgIpc) is 3.80. The van der Waals surface area contributed by atoms with Gasteiger partial charge in [0.05, 0.1) is 34.5 Å². The van der Waals surface area contributed by atoms with E-state index in [-0.39, 0.29) is 9.92 Å². The quantitative estimate of drug-likeness (QED) is 0.554. The van der Waals surface area contributed by atoms with Gasteiger partial charge >= 0.3 is 6.18 Å². The van der Waals surface area contributed by atoms with Crippen molar-refractivity contribution < 1.29 is 35.9 Å². The average molecular weight is 575 g/mol. The van der Waals surface area contributed by atoms with Crippen LogP contribution < -0.4 is 10.2 Å². The van der Waals surface area contributed by atoms with E-state index in [9.17, 15) is 36.4 Å². The minimum atomic E-state index is -4.83. The van der Waals surface area contributed by atoms with Crippen LogP contribution in [0.25, 0.3) is 0 Å². The highest BCUT2D eigenvalue weighted by atomic mass is 35.5. The molecule has 2 saturated carbocycles. The summed E-state index contributed by atoms with van der Waals surface area (Å²) >= 11 is 6.38. The van der Waals surface area contributed by atoms with Gasteiger partial charge in [0.25, 0.3) is 0 Å². The molecule has 38 heavy (non-hydrogen) atoms. The minimum absolute atomic E-state index is 0.0601. The summed E-state index contributed by atoms with van der Waals surface area (Å²) in [5.74, 6) is -2.14. The predicted octanol–water partition coefficient (Wildman–Crippen LogP) is 2.43. The molecule has 0 bridgehead atoms. The fourth-order valence-corrected chi connectivity index (χ4v) is 7.38. The standard InChI is InChI=1S/C24H26ClF3N4O5S/c25-17-11-15(31-7-9-37-10-8-31)1-2-19(17)38(35,36)16-12-18(20(33)30-22(14-29)3-4-22)32(13-16)21(34)23(5-6-23)24(26,27)28/h1-2,11,16,18H,3-10,12-13H2,(H,30,33)/t16-,18-/m1/s1. The van der Waals surface area contributed by atoms with Gasteiger partial charge in [0, 0.05) is 25.3 Å². The fraction of sp³-hybridized carbons (Fsp3) is 0.625. The summed E-state index contributed by atoms with van der Waals surface area (Å²) in [6, 6.07) is 4.95. The number of hydrogen-bond donors (Lipinski definition) is 1. The summed E-state index contributed by atoms with van der Waals surface area (Å²) in [5, 5.41) is 10.4. The SMILES string of the molecule is N#CC1(NC(=O)[C@H]2C[C@@H](S(=O)(=O)c3ccc(N4CCOCC4)cc3Cl)CN2C(=O)C2(C(F)(F)F)CC2)CC1. The highest BCUT2D eigenvalue weighted by Crippen LogP contribution is 2.59. The zero-order valence-electron chi connectivity index (χ0n) is 20.3. The topological polar surface area (TPSA) is 120 Å². The van der Waals surface area contributed by atoms with Crippen molar-refractivity contribution in [2.24, 2.45) is 5.41 Å². The number of sulfone groups is 1. The van der Waals surface area contributed by atoms with Gasteiger partial charge in [-0.1, -0.05) is 11.6 Å². The van der Waals surface area contributed by atoms with E-state index in [0.717, 1.165) is 4.90 Å². The molecule has 9 nitrogen and oxygen atoms in total. The molecule has 2 amide bonds. The van der Waals surface area contributed by atoms with Crippen molar-refractivity contribution in [1.29, 1.82) is 5.26 Å². The molecule has 1 aromatic rings. The van der Waals surface area contributed by atoms with E-state index in [2.05, 4.69) is 5.32 Å². The first-order valence-electron chi connectivity index (χ1n) is 12.3. The van der Waals surface area contributed by atoms with Gasteiger partial charge in [0.1, 0.15) is 17.0 Å². The Hall–Kier alpha value is -2.56. The Kier molecular flexibility index (Phi) is 6.60. The molecule has 1 aromatic carbocycles. The van der Waals surface area contributed by atoms with E-state index in [1.54, 1.807) is 6.07 Å². The first-order valence-corrected chi connectivity index (χ1v) is 14.2. The highest BCUT2D eigenvalue weighted by Gasteiger charge is 2.70. The van der Waals surface area contributed by atoms with Crippen molar-refractivity contribution in [1.82, 2.24) is 10.2 Å². The van der Waals surface area contributed by atoms with Crippen LogP contribution in [0.4, 0.5) is 18.9 Å². The summed E-state index contributed by atoms with van der Waals surface area (Å²) < 4.78 is 73.9. The lowest BCUT2D eigenvalue weighted by Crippen LogP contribution is -2.53. The number of halogens is 4. The number of rotatable bonds is 6. The zero-order chi connectivity index (χ0) is 27.5. The fourth-order valence-electron chi connectivity index (χ4n) is 5.14. The molecule has 4 aliphatic rings. The van der Waals surface area contributed by atoms with Gasteiger partial charge in [-0.3, -0.25) is 9.59 Å². The Morgan fingerprint density at radius 2 is 1.82 bits per heavy atom. The predicted molar refractivity (Wildman–Crippen MR) is 129 cm³/mol. The number of benzene rings is 1. The maximum absolute atomic E-state index is 13.8. The summed E-state index contributed by atoms with van der Waals surface area (Å²) in [6.45, 7) is 1.64. The summed E-state index contributed by atoms with van der Waals surface area (Å²) in [5.41, 5.74) is -3.05. The van der Waals surface area contributed by atoms with E-state index >= 15 is 0 Å². The van der Waals surface area contributed by atoms with Crippen LogP contribution in [0, 0.1) is 16.7 Å². The van der Waals surface area contributed by atoms with E-state index in [4.69, 9.17) is 16.3 Å². The summed E-state index contributed by atoms with van der Waals surface area (Å²) in [6.07, 6.45) is -5.34. The van der Waals surface area contributed by atoms with Gasteiger partial charge in [0.15, 0.2) is 9.84 Å². The monoisotopic (exact) mass is 574 g/mol. The van der Waals surface area contributed by atoms with Crippen LogP contribution in [0.2, 0.25) is 5.02 Å². The molecule has 0 spiro atoms. The lowest BCUT2D eigenvalue weighted by atomic mass is 10.0. The number of anilines is 1. The van der Waals surface area contributed by atoms with Crippen molar-refractivity contribution >= 4 is 38.9 Å². The lowest BCUT2D eigenvalue weighted by molar-refractivity contribution is -0.199. The van der Waals surface area contributed by atoms with Crippen molar-refractivity contribution in [2.75, 3.05) is 37.7 Å². The third kappa shape index (κ3) is 4.60. The third-order valence-electron chi connectivity index (χ3n) is 7.89. The van der Waals surface area contributed by atoms with E-state index in [1.807, 2.05) is 11.0 Å². The molecular weight excluding hydrogens is 549 g/mol. The molecule has 0 radical (unpaired) electrons. The largest absolute Gasteiger partial charge is 0.403 e. The Morgan fingerprint density at radius 3 is 2.34 bits per heavy atom. The third-order valence-corrected chi connectivity index (χ3v) is 10.5. The van der Waals surface area contributed by atoms with Crippen LogP contribution in [-0.4, -0.2) is 81.0 Å². The van der Waals surface area contributed by atoms with Gasteiger partial charge in [-0.2, -0.15) is 18.4 Å². The number of hydrogen-bond acceptors (Lipinski definition) is 7. The molecule has 0 aromatic heterocycles. The van der Waals surface area contributed by atoms with Crippen LogP contribution in [-0.2, 0) is 24.2 Å². The van der Waals surface area contributed by atoms with Crippen molar-refractivity contribution in [3.8, 4) is 6.07 Å². The first kappa shape index (κ1) is 27.0. The molecule has 4 fully saturated rings. The molecule has 1 N–H and O–H groups in total. The first-order chi connectivity index (χ1) is 17.8. The second-order valence-corrected chi connectivity index (χ2v) is 13.0. The molecule has 2 saturated heterocycles. The molecule has 2 heterocycles. The van der Waals surface area contributed by atoms with Crippen molar-refractivity contribution in [2.45, 2.75) is 60.0 Å². The number of nitrogens with one attached hydrogen (secondary N) is 1. The second-order valence-electron chi connectivity index (χ2n) is 10.4. The van der Waals surface area contributed by atoms with Crippen LogP contribution in [0.15, 0.2) is 23.1 Å². The number of alkyl halides is 3. The number of nitriles is 1. The molecule has 0 unspecified atom stereocenters. The molecular formula is C24H26ClF3N4O5S. The Morgan fingerprint density at radius 1 is 1.16 bits per heavy atom. The second kappa shape index (κ2) is 9.27. The Labute approximate surface area is 222 Å². The van der Waals surface area contributed by atoms with E-state index < -0.39 is 75.9 Å². The molecule has 206 valence electrons. The normalized spacial score (nSPS) is 26.0. The minimum Gasteiger partial charge on any atom is -0.378 e. The molecule has 2 aliphatic heterocycles. The van der Waals surface area contributed by atoms with Gasteiger partial charge in [-0.05, 0) is 50.3 Å². The van der Waals surface area contributed by atoms with Gasteiger partial charge in [-0.25, -0.2) is 8.42 Å². The summed E-state index contributed by atoms with van der Waals surface area (Å²) in [7, 11) is -4.24. The van der Waals surface area contributed by atoms with Crippen molar-refractivity contribution in [3.63, 3.8) is 0 Å².